The first-order chi connectivity index (χ1) is 17.6. The lowest BCUT2D eigenvalue weighted by Crippen LogP contribution is -2.34. The lowest BCUT2D eigenvalue weighted by atomic mass is 10.1. The molecule has 3 aromatic rings. The summed E-state index contributed by atoms with van der Waals surface area (Å²) in [6, 6.07) is 9.31. The second kappa shape index (κ2) is 11.1. The van der Waals surface area contributed by atoms with Gasteiger partial charge in [-0.3, -0.25) is 0 Å². The third-order valence-corrected chi connectivity index (χ3v) is 5.67. The number of hydrogen-bond acceptors (Lipinski definition) is 9. The van der Waals surface area contributed by atoms with Crippen LogP contribution in [0.5, 0.6) is 11.8 Å². The lowest BCUT2D eigenvalue weighted by molar-refractivity contribution is -0.192. The first-order valence-corrected chi connectivity index (χ1v) is 11.2. The van der Waals surface area contributed by atoms with E-state index in [1.54, 1.807) is 18.2 Å². The maximum absolute atomic E-state index is 10.6. The molecule has 15 heteroatoms. The Kier molecular flexibility index (Phi) is 8.04. The zero-order valence-electron chi connectivity index (χ0n) is 18.8. The number of carbonyl (C=O) groups is 1. The number of fused-ring (bicyclic) bond motifs is 2. The standard InChI is InChI=1S/C20H20ClN3O6.C2HF3O2/c21-12-7-13-19(23-16(12)10-1-3-11(4-2-10)27-6-5-25)24-20(22-13)30-15-9-29-17-14(26)8-28-18(15)17;3-2(4,5)1(6)7/h1-4,7,14-15,17-18,25-26H,5-6,8-9H2,(H,22,23,24);(H,6,7)/t14-,15-,17-,18-;/m1./s1. The largest absolute Gasteiger partial charge is 0.491 e. The van der Waals surface area contributed by atoms with Crippen molar-refractivity contribution in [1.29, 1.82) is 0 Å². The van der Waals surface area contributed by atoms with Crippen molar-refractivity contribution in [1.82, 2.24) is 15.0 Å². The smallest absolute Gasteiger partial charge is 0.490 e. The van der Waals surface area contributed by atoms with Crippen LogP contribution in [0.25, 0.3) is 22.4 Å². The summed E-state index contributed by atoms with van der Waals surface area (Å²) in [4.78, 5) is 21.0. The summed E-state index contributed by atoms with van der Waals surface area (Å²) in [7, 11) is 0. The van der Waals surface area contributed by atoms with Gasteiger partial charge in [0.2, 0.25) is 0 Å². The van der Waals surface area contributed by atoms with Crippen LogP contribution in [0.3, 0.4) is 0 Å². The van der Waals surface area contributed by atoms with Gasteiger partial charge in [-0.25, -0.2) is 9.78 Å². The Morgan fingerprint density at radius 2 is 1.84 bits per heavy atom. The number of aromatic amines is 1. The van der Waals surface area contributed by atoms with Crippen molar-refractivity contribution >= 4 is 28.7 Å². The number of hydrogen-bond donors (Lipinski definition) is 4. The molecule has 4 N–H and O–H groups in total. The minimum atomic E-state index is -5.08. The Labute approximate surface area is 211 Å². The predicted octanol–water partition coefficient (Wildman–Crippen LogP) is 2.19. The average molecular weight is 548 g/mol. The van der Waals surface area contributed by atoms with Gasteiger partial charge in [0, 0.05) is 5.56 Å². The summed E-state index contributed by atoms with van der Waals surface area (Å²) in [6.07, 6.45) is -6.79. The molecule has 0 aliphatic carbocycles. The Morgan fingerprint density at radius 1 is 1.16 bits per heavy atom. The molecule has 2 saturated heterocycles. The topological polar surface area (TPSA) is 156 Å². The molecule has 5 rings (SSSR count). The number of pyridine rings is 1. The van der Waals surface area contributed by atoms with E-state index >= 15 is 0 Å². The van der Waals surface area contributed by atoms with E-state index < -0.39 is 18.2 Å². The maximum Gasteiger partial charge on any atom is 0.490 e. The fraction of sp³-hybridized carbons (Fsp3) is 0.409. The minimum Gasteiger partial charge on any atom is -0.491 e. The van der Waals surface area contributed by atoms with E-state index in [1.165, 1.54) is 0 Å². The Morgan fingerprint density at radius 3 is 2.49 bits per heavy atom. The number of ether oxygens (including phenoxy) is 4. The quantitative estimate of drug-likeness (QED) is 0.361. The molecular weight excluding hydrogens is 527 g/mol. The van der Waals surface area contributed by atoms with E-state index in [9.17, 15) is 18.3 Å². The number of nitrogens with zero attached hydrogens (tertiary/aromatic N) is 2. The van der Waals surface area contributed by atoms with E-state index in [-0.39, 0.29) is 44.1 Å². The molecule has 4 atom stereocenters. The summed E-state index contributed by atoms with van der Waals surface area (Å²) in [5, 5.41) is 26.3. The fourth-order valence-electron chi connectivity index (χ4n) is 3.71. The van der Waals surface area contributed by atoms with Gasteiger partial charge in [-0.15, -0.1) is 0 Å². The van der Waals surface area contributed by atoms with Crippen LogP contribution >= 0.6 is 11.6 Å². The van der Waals surface area contributed by atoms with E-state index in [0.29, 0.717) is 34.2 Å². The van der Waals surface area contributed by atoms with Gasteiger partial charge < -0.3 is 39.3 Å². The number of aliphatic hydroxyl groups is 2. The van der Waals surface area contributed by atoms with E-state index in [1.807, 2.05) is 12.1 Å². The lowest BCUT2D eigenvalue weighted by Gasteiger charge is -2.15. The molecule has 2 aliphatic rings. The molecule has 0 unspecified atom stereocenters. The summed E-state index contributed by atoms with van der Waals surface area (Å²) in [6.45, 7) is 0.738. The molecular formula is C22H21ClF3N3O8. The minimum absolute atomic E-state index is 0.0452. The fourth-order valence-corrected chi connectivity index (χ4v) is 3.98. The number of rotatable bonds is 6. The van der Waals surface area contributed by atoms with Crippen LogP contribution in [0.4, 0.5) is 13.2 Å². The third-order valence-electron chi connectivity index (χ3n) is 5.38. The van der Waals surface area contributed by atoms with Crippen molar-refractivity contribution in [3.05, 3.63) is 35.4 Å². The highest BCUT2D eigenvalue weighted by molar-refractivity contribution is 6.33. The molecule has 4 heterocycles. The van der Waals surface area contributed by atoms with Gasteiger partial charge in [-0.1, -0.05) is 11.6 Å². The van der Waals surface area contributed by atoms with Gasteiger partial charge in [0.05, 0.1) is 36.1 Å². The van der Waals surface area contributed by atoms with Gasteiger partial charge in [-0.2, -0.15) is 18.2 Å². The van der Waals surface area contributed by atoms with E-state index in [0.717, 1.165) is 5.56 Å². The monoisotopic (exact) mass is 547 g/mol. The van der Waals surface area contributed by atoms with Crippen molar-refractivity contribution in [2.24, 2.45) is 0 Å². The van der Waals surface area contributed by atoms with Gasteiger partial charge in [-0.05, 0) is 30.3 Å². The highest BCUT2D eigenvalue weighted by Crippen LogP contribution is 2.32. The molecule has 200 valence electrons. The molecule has 2 fully saturated rings. The number of imidazole rings is 1. The van der Waals surface area contributed by atoms with Crippen LogP contribution in [-0.2, 0) is 14.3 Å². The van der Waals surface area contributed by atoms with Crippen molar-refractivity contribution in [2.45, 2.75) is 30.6 Å². The predicted molar refractivity (Wildman–Crippen MR) is 121 cm³/mol. The van der Waals surface area contributed by atoms with Crippen LogP contribution < -0.4 is 9.47 Å². The zero-order valence-corrected chi connectivity index (χ0v) is 19.6. The van der Waals surface area contributed by atoms with Crippen LogP contribution in [0, 0.1) is 0 Å². The van der Waals surface area contributed by atoms with Crippen LogP contribution in [0.1, 0.15) is 0 Å². The van der Waals surface area contributed by atoms with E-state index in [4.69, 9.17) is 45.6 Å². The molecule has 0 bridgehead atoms. The molecule has 11 nitrogen and oxygen atoms in total. The molecule has 37 heavy (non-hydrogen) atoms. The Balaban J connectivity index is 0.000000405. The first kappa shape index (κ1) is 26.9. The normalized spacial score (nSPS) is 22.9. The van der Waals surface area contributed by atoms with Gasteiger partial charge in [0.25, 0.3) is 6.01 Å². The molecule has 0 amide bonds. The number of aromatic nitrogens is 3. The number of aliphatic carboxylic acids is 1. The highest BCUT2D eigenvalue weighted by atomic mass is 35.5. The van der Waals surface area contributed by atoms with Crippen molar-refractivity contribution in [3.63, 3.8) is 0 Å². The molecule has 2 aliphatic heterocycles. The SMILES string of the molecule is O=C(O)C(F)(F)F.OCCOc1ccc(-c2nc3nc(O[C@@H]4CO[C@H]5[C@@H]4OC[C@H]5O)[nH]c3cc2Cl)cc1. The number of alkyl halides is 3. The number of benzene rings is 1. The first-order valence-electron chi connectivity index (χ1n) is 10.8. The Hall–Kier alpha value is -3.17. The maximum atomic E-state index is 10.6. The number of carboxylic acid groups (broad SMARTS) is 1. The van der Waals surface area contributed by atoms with E-state index in [2.05, 4.69) is 15.0 Å². The van der Waals surface area contributed by atoms with Crippen molar-refractivity contribution in [2.75, 3.05) is 26.4 Å². The van der Waals surface area contributed by atoms with Crippen LogP contribution in [0.2, 0.25) is 5.02 Å². The molecule has 0 spiro atoms. The summed E-state index contributed by atoms with van der Waals surface area (Å²) in [5.74, 6) is -2.11. The molecule has 1 aromatic carbocycles. The van der Waals surface area contributed by atoms with Crippen molar-refractivity contribution < 1.29 is 52.2 Å². The second-order valence-electron chi connectivity index (χ2n) is 7.95. The van der Waals surface area contributed by atoms with Gasteiger partial charge in [0.1, 0.15) is 30.7 Å². The van der Waals surface area contributed by atoms with Crippen LogP contribution in [0.15, 0.2) is 30.3 Å². The number of carboxylic acids is 1. The third kappa shape index (κ3) is 6.22. The second-order valence-corrected chi connectivity index (χ2v) is 8.36. The summed E-state index contributed by atoms with van der Waals surface area (Å²) in [5.41, 5.74) is 2.50. The number of nitrogens with one attached hydrogen (secondary N) is 1. The molecule has 0 radical (unpaired) electrons. The number of aliphatic hydroxyl groups excluding tert-OH is 2. The highest BCUT2D eigenvalue weighted by Gasteiger charge is 2.48. The van der Waals surface area contributed by atoms with Crippen molar-refractivity contribution in [3.8, 4) is 23.0 Å². The zero-order chi connectivity index (χ0) is 26.7. The van der Waals surface area contributed by atoms with Crippen LogP contribution in [-0.4, -0.2) is 93.3 Å². The van der Waals surface area contributed by atoms with Gasteiger partial charge >= 0.3 is 12.1 Å². The van der Waals surface area contributed by atoms with Gasteiger partial charge in [0.15, 0.2) is 11.8 Å². The average Bonchev–Trinajstić information content (AvgIpc) is 3.54. The molecule has 2 aromatic heterocycles. The summed E-state index contributed by atoms with van der Waals surface area (Å²) >= 11 is 6.45. The Bertz CT molecular complexity index is 1240. The molecule has 0 saturated carbocycles. The summed E-state index contributed by atoms with van der Waals surface area (Å²) < 4.78 is 54.2. The number of H-pyrrole nitrogens is 1. The number of halogens is 4.